The van der Waals surface area contributed by atoms with Crippen molar-refractivity contribution >= 4 is 0 Å². The molecule has 0 aromatic carbocycles. The zero-order chi connectivity index (χ0) is 10.6. The Bertz CT molecular complexity index is 167. The maximum atomic E-state index is 9.17. The first-order chi connectivity index (χ1) is 6.58. The molecule has 3 N–H and O–H groups in total. The first-order valence-electron chi connectivity index (χ1n) is 5.65. The SMILES string of the molecule is CC(O)CCN(C)CC1(CCN)CC1. The van der Waals surface area contributed by atoms with Crippen molar-refractivity contribution < 1.29 is 5.11 Å². The molecule has 0 saturated heterocycles. The predicted molar refractivity (Wildman–Crippen MR) is 59.1 cm³/mol. The van der Waals surface area contributed by atoms with E-state index in [2.05, 4.69) is 11.9 Å². The van der Waals surface area contributed by atoms with Crippen LogP contribution < -0.4 is 5.73 Å². The largest absolute Gasteiger partial charge is 0.393 e. The van der Waals surface area contributed by atoms with Crippen molar-refractivity contribution in [2.75, 3.05) is 26.7 Å². The van der Waals surface area contributed by atoms with E-state index >= 15 is 0 Å². The van der Waals surface area contributed by atoms with Gasteiger partial charge in [0.2, 0.25) is 0 Å². The van der Waals surface area contributed by atoms with Crippen LogP contribution in [0, 0.1) is 5.41 Å². The van der Waals surface area contributed by atoms with Gasteiger partial charge in [0, 0.05) is 13.1 Å². The second-order valence-electron chi connectivity index (χ2n) is 4.91. The molecule has 0 bridgehead atoms. The molecule has 0 aromatic heterocycles. The van der Waals surface area contributed by atoms with Gasteiger partial charge in [-0.2, -0.15) is 0 Å². The number of aliphatic hydroxyl groups is 1. The standard InChI is InChI=1S/C11H24N2O/c1-10(14)3-8-13(2)9-11(4-5-11)6-7-12/h10,14H,3-9,12H2,1-2H3. The second kappa shape index (κ2) is 5.10. The molecular weight excluding hydrogens is 176 g/mol. The highest BCUT2D eigenvalue weighted by molar-refractivity contribution is 4.95. The van der Waals surface area contributed by atoms with Gasteiger partial charge in [-0.15, -0.1) is 0 Å². The van der Waals surface area contributed by atoms with E-state index in [1.807, 2.05) is 6.92 Å². The quantitative estimate of drug-likeness (QED) is 0.639. The molecule has 3 nitrogen and oxygen atoms in total. The molecular formula is C11H24N2O. The van der Waals surface area contributed by atoms with E-state index in [-0.39, 0.29) is 6.10 Å². The van der Waals surface area contributed by atoms with E-state index in [1.165, 1.54) is 12.8 Å². The molecule has 1 fully saturated rings. The van der Waals surface area contributed by atoms with Crippen molar-refractivity contribution in [1.82, 2.24) is 4.90 Å². The van der Waals surface area contributed by atoms with Crippen molar-refractivity contribution in [2.45, 2.75) is 38.7 Å². The summed E-state index contributed by atoms with van der Waals surface area (Å²) in [5.74, 6) is 0. The molecule has 14 heavy (non-hydrogen) atoms. The third kappa shape index (κ3) is 3.95. The van der Waals surface area contributed by atoms with Crippen LogP contribution in [0.5, 0.6) is 0 Å². The molecule has 1 unspecified atom stereocenters. The lowest BCUT2D eigenvalue weighted by Crippen LogP contribution is -2.30. The molecule has 1 aliphatic carbocycles. The van der Waals surface area contributed by atoms with Gasteiger partial charge in [0.15, 0.2) is 0 Å². The third-order valence-corrected chi connectivity index (χ3v) is 3.17. The average Bonchev–Trinajstić information content (AvgIpc) is 2.82. The minimum Gasteiger partial charge on any atom is -0.393 e. The lowest BCUT2D eigenvalue weighted by molar-refractivity contribution is 0.155. The van der Waals surface area contributed by atoms with Crippen LogP contribution in [0.25, 0.3) is 0 Å². The molecule has 3 heteroatoms. The zero-order valence-corrected chi connectivity index (χ0v) is 9.50. The summed E-state index contributed by atoms with van der Waals surface area (Å²) < 4.78 is 0. The van der Waals surface area contributed by atoms with Gasteiger partial charge in [-0.3, -0.25) is 0 Å². The maximum absolute atomic E-state index is 9.17. The summed E-state index contributed by atoms with van der Waals surface area (Å²) in [4.78, 5) is 2.33. The highest BCUT2D eigenvalue weighted by Crippen LogP contribution is 2.48. The Kier molecular flexibility index (Phi) is 4.35. The van der Waals surface area contributed by atoms with Crippen LogP contribution >= 0.6 is 0 Å². The van der Waals surface area contributed by atoms with Gasteiger partial charge in [0.05, 0.1) is 6.10 Å². The Morgan fingerprint density at radius 3 is 2.57 bits per heavy atom. The van der Waals surface area contributed by atoms with Crippen LogP contribution in [0.4, 0.5) is 0 Å². The fourth-order valence-corrected chi connectivity index (χ4v) is 2.03. The molecule has 1 saturated carbocycles. The smallest absolute Gasteiger partial charge is 0.0524 e. The summed E-state index contributed by atoms with van der Waals surface area (Å²) in [6, 6.07) is 0. The van der Waals surface area contributed by atoms with E-state index in [4.69, 9.17) is 5.73 Å². The molecule has 1 atom stereocenters. The van der Waals surface area contributed by atoms with E-state index in [1.54, 1.807) is 0 Å². The van der Waals surface area contributed by atoms with Gasteiger partial charge in [0.25, 0.3) is 0 Å². The van der Waals surface area contributed by atoms with Gasteiger partial charge in [-0.05, 0) is 51.6 Å². The molecule has 84 valence electrons. The summed E-state index contributed by atoms with van der Waals surface area (Å²) in [7, 11) is 2.14. The summed E-state index contributed by atoms with van der Waals surface area (Å²) >= 11 is 0. The third-order valence-electron chi connectivity index (χ3n) is 3.17. The Hall–Kier alpha value is -0.120. The molecule has 1 aliphatic rings. The van der Waals surface area contributed by atoms with Crippen LogP contribution in [0.1, 0.15) is 32.6 Å². The number of nitrogens with zero attached hydrogens (tertiary/aromatic N) is 1. The lowest BCUT2D eigenvalue weighted by Gasteiger charge is -2.23. The van der Waals surface area contributed by atoms with Gasteiger partial charge >= 0.3 is 0 Å². The summed E-state index contributed by atoms with van der Waals surface area (Å²) in [6.45, 7) is 4.80. The molecule has 0 spiro atoms. The predicted octanol–water partition coefficient (Wildman–Crippen LogP) is 0.818. The fraction of sp³-hybridized carbons (Fsp3) is 1.00. The van der Waals surface area contributed by atoms with Crippen molar-refractivity contribution in [1.29, 1.82) is 0 Å². The monoisotopic (exact) mass is 200 g/mol. The Morgan fingerprint density at radius 1 is 1.50 bits per heavy atom. The molecule has 0 radical (unpaired) electrons. The van der Waals surface area contributed by atoms with Gasteiger partial charge < -0.3 is 15.7 Å². The number of aliphatic hydroxyl groups excluding tert-OH is 1. The summed E-state index contributed by atoms with van der Waals surface area (Å²) in [5.41, 5.74) is 6.12. The Morgan fingerprint density at radius 2 is 2.14 bits per heavy atom. The number of hydrogen-bond donors (Lipinski definition) is 2. The zero-order valence-electron chi connectivity index (χ0n) is 9.50. The van der Waals surface area contributed by atoms with Crippen molar-refractivity contribution in [2.24, 2.45) is 11.1 Å². The van der Waals surface area contributed by atoms with Crippen molar-refractivity contribution in [3.63, 3.8) is 0 Å². The minimum atomic E-state index is -0.179. The topological polar surface area (TPSA) is 49.5 Å². The van der Waals surface area contributed by atoms with E-state index in [0.717, 1.165) is 32.5 Å². The second-order valence-corrected chi connectivity index (χ2v) is 4.91. The highest BCUT2D eigenvalue weighted by Gasteiger charge is 2.42. The highest BCUT2D eigenvalue weighted by atomic mass is 16.3. The maximum Gasteiger partial charge on any atom is 0.0524 e. The van der Waals surface area contributed by atoms with Crippen LogP contribution in [0.2, 0.25) is 0 Å². The van der Waals surface area contributed by atoms with Crippen molar-refractivity contribution in [3.8, 4) is 0 Å². The molecule has 0 heterocycles. The van der Waals surface area contributed by atoms with Gasteiger partial charge in [0.1, 0.15) is 0 Å². The Balaban J connectivity index is 2.16. The average molecular weight is 200 g/mol. The van der Waals surface area contributed by atoms with Crippen LogP contribution in [-0.2, 0) is 0 Å². The molecule has 1 rings (SSSR count). The van der Waals surface area contributed by atoms with Crippen LogP contribution in [0.3, 0.4) is 0 Å². The van der Waals surface area contributed by atoms with E-state index in [0.29, 0.717) is 5.41 Å². The lowest BCUT2D eigenvalue weighted by atomic mass is 10.0. The minimum absolute atomic E-state index is 0.179. The molecule has 0 amide bonds. The summed E-state index contributed by atoms with van der Waals surface area (Å²) in [6.07, 6.45) is 4.52. The normalized spacial score (nSPS) is 21.2. The van der Waals surface area contributed by atoms with Gasteiger partial charge in [-0.25, -0.2) is 0 Å². The summed E-state index contributed by atoms with van der Waals surface area (Å²) in [5, 5.41) is 9.17. The van der Waals surface area contributed by atoms with Crippen LogP contribution in [0.15, 0.2) is 0 Å². The van der Waals surface area contributed by atoms with E-state index in [9.17, 15) is 5.11 Å². The molecule has 0 aliphatic heterocycles. The first kappa shape index (κ1) is 12.0. The van der Waals surface area contributed by atoms with Gasteiger partial charge in [-0.1, -0.05) is 0 Å². The van der Waals surface area contributed by atoms with Crippen molar-refractivity contribution in [3.05, 3.63) is 0 Å². The number of hydrogen-bond acceptors (Lipinski definition) is 3. The Labute approximate surface area is 87.3 Å². The fourth-order valence-electron chi connectivity index (χ4n) is 2.03. The van der Waals surface area contributed by atoms with E-state index < -0.39 is 0 Å². The molecule has 0 aromatic rings. The number of rotatable bonds is 7. The number of nitrogens with two attached hydrogens (primary N) is 1. The first-order valence-corrected chi connectivity index (χ1v) is 5.65. The van der Waals surface area contributed by atoms with Crippen LogP contribution in [-0.4, -0.2) is 42.8 Å².